The highest BCUT2D eigenvalue weighted by Gasteiger charge is 2.36. The van der Waals surface area contributed by atoms with Crippen LogP contribution in [-0.2, 0) is 4.74 Å². The van der Waals surface area contributed by atoms with Crippen molar-refractivity contribution in [2.24, 2.45) is 0 Å². The van der Waals surface area contributed by atoms with Crippen molar-refractivity contribution in [1.29, 1.82) is 0 Å². The summed E-state index contributed by atoms with van der Waals surface area (Å²) in [5, 5.41) is 3.08. The highest BCUT2D eigenvalue weighted by atomic mass is 16.5. The number of morpholine rings is 1. The largest absolute Gasteiger partial charge is 0.387 e. The lowest BCUT2D eigenvalue weighted by molar-refractivity contribution is -0.0303. The van der Waals surface area contributed by atoms with Crippen molar-refractivity contribution >= 4 is 11.6 Å². The first-order valence-corrected chi connectivity index (χ1v) is 6.76. The summed E-state index contributed by atoms with van der Waals surface area (Å²) in [5.74, 6) is 0.0528. The maximum atomic E-state index is 12.6. The lowest BCUT2D eigenvalue weighted by Gasteiger charge is -2.32. The molecule has 3 rings (SSSR count). The molecule has 2 bridgehead atoms. The van der Waals surface area contributed by atoms with Crippen molar-refractivity contribution in [3.05, 3.63) is 23.5 Å². The molecule has 0 aliphatic carbocycles. The van der Waals surface area contributed by atoms with E-state index in [1.807, 2.05) is 24.9 Å². The van der Waals surface area contributed by atoms with Gasteiger partial charge in [0, 0.05) is 32.0 Å². The van der Waals surface area contributed by atoms with E-state index in [4.69, 9.17) is 4.74 Å². The molecule has 1 aromatic rings. The maximum absolute atomic E-state index is 12.6. The summed E-state index contributed by atoms with van der Waals surface area (Å²) in [6, 6.07) is 1.91. The van der Waals surface area contributed by atoms with Gasteiger partial charge in [0.2, 0.25) is 0 Å². The van der Waals surface area contributed by atoms with E-state index in [0.717, 1.165) is 24.2 Å². The van der Waals surface area contributed by atoms with Crippen molar-refractivity contribution in [2.45, 2.75) is 32.0 Å². The third-order valence-electron chi connectivity index (χ3n) is 3.87. The van der Waals surface area contributed by atoms with Gasteiger partial charge in [-0.3, -0.25) is 9.78 Å². The van der Waals surface area contributed by atoms with E-state index < -0.39 is 0 Å². The molecule has 3 heterocycles. The molecule has 2 unspecified atom stereocenters. The summed E-state index contributed by atoms with van der Waals surface area (Å²) in [4.78, 5) is 18.7. The number of aromatic nitrogens is 1. The Morgan fingerprint density at radius 3 is 2.74 bits per heavy atom. The van der Waals surface area contributed by atoms with Gasteiger partial charge in [0.05, 0.1) is 23.5 Å². The zero-order chi connectivity index (χ0) is 13.4. The third kappa shape index (κ3) is 2.30. The smallest absolute Gasteiger partial charge is 0.257 e. The highest BCUT2D eigenvalue weighted by molar-refractivity contribution is 5.99. The Morgan fingerprint density at radius 2 is 2.11 bits per heavy atom. The number of fused-ring (bicyclic) bond motifs is 2. The van der Waals surface area contributed by atoms with E-state index in [1.165, 1.54) is 0 Å². The predicted molar refractivity (Wildman–Crippen MR) is 72.3 cm³/mol. The number of carbonyl (C=O) groups excluding carboxylic acids is 1. The molecule has 102 valence electrons. The number of hydrogen-bond acceptors (Lipinski definition) is 4. The maximum Gasteiger partial charge on any atom is 0.257 e. The summed E-state index contributed by atoms with van der Waals surface area (Å²) >= 11 is 0. The Bertz CT molecular complexity index is 491. The molecule has 5 heteroatoms. The van der Waals surface area contributed by atoms with E-state index in [1.54, 1.807) is 6.20 Å². The van der Waals surface area contributed by atoms with Crippen LogP contribution in [-0.4, -0.2) is 48.1 Å². The van der Waals surface area contributed by atoms with Gasteiger partial charge in [-0.25, -0.2) is 0 Å². The van der Waals surface area contributed by atoms with Gasteiger partial charge >= 0.3 is 0 Å². The van der Waals surface area contributed by atoms with Crippen LogP contribution >= 0.6 is 0 Å². The SMILES string of the molecule is CNc1cc(C)ncc1C(=O)N1CC2CCC(C1)O2. The molecule has 2 fully saturated rings. The topological polar surface area (TPSA) is 54.5 Å². The Labute approximate surface area is 113 Å². The first-order valence-electron chi connectivity index (χ1n) is 6.76. The van der Waals surface area contributed by atoms with Crippen molar-refractivity contribution < 1.29 is 9.53 Å². The molecule has 2 aliphatic heterocycles. The van der Waals surface area contributed by atoms with Crippen molar-refractivity contribution in [2.75, 3.05) is 25.5 Å². The quantitative estimate of drug-likeness (QED) is 0.875. The van der Waals surface area contributed by atoms with E-state index in [0.29, 0.717) is 18.7 Å². The Balaban J connectivity index is 1.84. The Morgan fingerprint density at radius 1 is 1.42 bits per heavy atom. The van der Waals surface area contributed by atoms with Crippen LogP contribution in [0.3, 0.4) is 0 Å². The monoisotopic (exact) mass is 261 g/mol. The number of pyridine rings is 1. The predicted octanol–water partition coefficient (Wildman–Crippen LogP) is 1.44. The summed E-state index contributed by atoms with van der Waals surface area (Å²) in [5.41, 5.74) is 2.40. The molecule has 2 saturated heterocycles. The van der Waals surface area contributed by atoms with Crippen LogP contribution < -0.4 is 5.32 Å². The number of likely N-dealkylation sites (tertiary alicyclic amines) is 1. The third-order valence-corrected chi connectivity index (χ3v) is 3.87. The lowest BCUT2D eigenvalue weighted by Crippen LogP contribution is -2.46. The van der Waals surface area contributed by atoms with E-state index in [2.05, 4.69) is 10.3 Å². The number of aryl methyl sites for hydroxylation is 1. The number of rotatable bonds is 2. The molecule has 0 spiro atoms. The van der Waals surface area contributed by atoms with Crippen molar-refractivity contribution in [1.82, 2.24) is 9.88 Å². The number of hydrogen-bond donors (Lipinski definition) is 1. The molecule has 0 radical (unpaired) electrons. The number of carbonyl (C=O) groups is 1. The van der Waals surface area contributed by atoms with Gasteiger partial charge in [-0.15, -0.1) is 0 Å². The molecular formula is C14H19N3O2. The van der Waals surface area contributed by atoms with Crippen molar-refractivity contribution in [3.8, 4) is 0 Å². The minimum atomic E-state index is 0.0528. The second kappa shape index (κ2) is 4.81. The Hall–Kier alpha value is -1.62. The fourth-order valence-electron chi connectivity index (χ4n) is 2.89. The number of nitrogens with one attached hydrogen (secondary N) is 1. The standard InChI is InChI=1S/C14H19N3O2/c1-9-5-13(15-2)12(6-16-9)14(18)17-7-10-3-4-11(8-17)19-10/h5-6,10-11H,3-4,7-8H2,1-2H3,(H,15,16). The minimum Gasteiger partial charge on any atom is -0.387 e. The molecule has 5 nitrogen and oxygen atoms in total. The van der Waals surface area contributed by atoms with Gasteiger partial charge in [0.25, 0.3) is 5.91 Å². The molecule has 2 atom stereocenters. The number of amides is 1. The number of anilines is 1. The van der Waals surface area contributed by atoms with Crippen LogP contribution in [0.2, 0.25) is 0 Å². The first kappa shape index (κ1) is 12.4. The van der Waals surface area contributed by atoms with Crippen LogP contribution in [0.15, 0.2) is 12.3 Å². The first-order chi connectivity index (χ1) is 9.17. The van der Waals surface area contributed by atoms with Crippen LogP contribution in [0.5, 0.6) is 0 Å². The second-order valence-corrected chi connectivity index (χ2v) is 5.29. The van der Waals surface area contributed by atoms with Gasteiger partial charge < -0.3 is 15.0 Å². The van der Waals surface area contributed by atoms with Crippen LogP contribution in [0.25, 0.3) is 0 Å². The zero-order valence-corrected chi connectivity index (χ0v) is 11.3. The van der Waals surface area contributed by atoms with Gasteiger partial charge in [-0.2, -0.15) is 0 Å². The fourth-order valence-corrected chi connectivity index (χ4v) is 2.89. The minimum absolute atomic E-state index is 0.0528. The van der Waals surface area contributed by atoms with Crippen LogP contribution in [0.4, 0.5) is 5.69 Å². The molecular weight excluding hydrogens is 242 g/mol. The summed E-state index contributed by atoms with van der Waals surface area (Å²) in [6.45, 7) is 3.32. The summed E-state index contributed by atoms with van der Waals surface area (Å²) < 4.78 is 5.76. The molecule has 2 aliphatic rings. The molecule has 0 saturated carbocycles. The van der Waals surface area contributed by atoms with Crippen LogP contribution in [0.1, 0.15) is 28.9 Å². The molecule has 19 heavy (non-hydrogen) atoms. The van der Waals surface area contributed by atoms with Gasteiger partial charge in [-0.1, -0.05) is 0 Å². The molecule has 1 aromatic heterocycles. The summed E-state index contributed by atoms with van der Waals surface area (Å²) in [7, 11) is 1.83. The van der Waals surface area contributed by atoms with E-state index in [9.17, 15) is 4.79 Å². The average molecular weight is 261 g/mol. The van der Waals surface area contributed by atoms with Crippen LogP contribution in [0, 0.1) is 6.92 Å². The fraction of sp³-hybridized carbons (Fsp3) is 0.571. The summed E-state index contributed by atoms with van der Waals surface area (Å²) in [6.07, 6.45) is 4.25. The normalized spacial score (nSPS) is 25.5. The van der Waals surface area contributed by atoms with Crippen molar-refractivity contribution in [3.63, 3.8) is 0 Å². The molecule has 1 N–H and O–H groups in total. The molecule has 1 amide bonds. The average Bonchev–Trinajstić information content (AvgIpc) is 2.76. The zero-order valence-electron chi connectivity index (χ0n) is 11.3. The number of nitrogens with zero attached hydrogens (tertiary/aromatic N) is 2. The lowest BCUT2D eigenvalue weighted by atomic mass is 10.1. The van der Waals surface area contributed by atoms with Gasteiger partial charge in [-0.05, 0) is 25.8 Å². The van der Waals surface area contributed by atoms with Gasteiger partial charge in [0.15, 0.2) is 0 Å². The van der Waals surface area contributed by atoms with Gasteiger partial charge in [0.1, 0.15) is 0 Å². The Kier molecular flexibility index (Phi) is 3.14. The van der Waals surface area contributed by atoms with E-state index >= 15 is 0 Å². The number of ether oxygens (including phenoxy) is 1. The highest BCUT2D eigenvalue weighted by Crippen LogP contribution is 2.28. The van der Waals surface area contributed by atoms with E-state index in [-0.39, 0.29) is 18.1 Å². The second-order valence-electron chi connectivity index (χ2n) is 5.29. The molecule has 0 aromatic carbocycles.